The summed E-state index contributed by atoms with van der Waals surface area (Å²) in [7, 11) is 0. The topological polar surface area (TPSA) is 70.2 Å². The van der Waals surface area contributed by atoms with E-state index in [-0.39, 0.29) is 5.91 Å². The molecule has 0 unspecified atom stereocenters. The van der Waals surface area contributed by atoms with E-state index in [1.165, 1.54) is 19.3 Å². The molecule has 6 nitrogen and oxygen atoms in total. The Kier molecular flexibility index (Phi) is 6.67. The molecule has 3 aromatic rings. The van der Waals surface area contributed by atoms with Crippen molar-refractivity contribution in [2.75, 3.05) is 31.5 Å². The van der Waals surface area contributed by atoms with Gasteiger partial charge in [-0.15, -0.1) is 0 Å². The normalized spacial score (nSPS) is 14.3. The molecule has 30 heavy (non-hydrogen) atoms. The van der Waals surface area contributed by atoms with Crippen LogP contribution in [-0.4, -0.2) is 47.0 Å². The first-order valence-electron chi connectivity index (χ1n) is 10.5. The SMILES string of the molecule is O=C(NCCN1CCCCC1)c1cccc(Nc2ncc(-c3ccccc3)cn2)c1. The summed E-state index contributed by atoms with van der Waals surface area (Å²) < 4.78 is 0. The molecule has 0 aliphatic carbocycles. The van der Waals surface area contributed by atoms with Crippen LogP contribution in [0.4, 0.5) is 11.6 Å². The zero-order chi connectivity index (χ0) is 20.6. The van der Waals surface area contributed by atoms with Gasteiger partial charge in [0.2, 0.25) is 5.95 Å². The van der Waals surface area contributed by atoms with Crippen LogP contribution >= 0.6 is 0 Å². The molecule has 2 aromatic carbocycles. The number of hydrogen-bond acceptors (Lipinski definition) is 5. The lowest BCUT2D eigenvalue weighted by atomic mass is 10.1. The number of anilines is 2. The van der Waals surface area contributed by atoms with Crippen molar-refractivity contribution in [1.82, 2.24) is 20.2 Å². The highest BCUT2D eigenvalue weighted by Crippen LogP contribution is 2.19. The maximum absolute atomic E-state index is 12.5. The summed E-state index contributed by atoms with van der Waals surface area (Å²) >= 11 is 0. The van der Waals surface area contributed by atoms with Crippen LogP contribution < -0.4 is 10.6 Å². The summed E-state index contributed by atoms with van der Waals surface area (Å²) in [4.78, 5) is 23.7. The van der Waals surface area contributed by atoms with Crippen molar-refractivity contribution < 1.29 is 4.79 Å². The summed E-state index contributed by atoms with van der Waals surface area (Å²) in [5, 5.41) is 6.20. The molecular formula is C24H27N5O. The molecule has 1 aromatic heterocycles. The van der Waals surface area contributed by atoms with Crippen molar-refractivity contribution in [3.63, 3.8) is 0 Å². The van der Waals surface area contributed by atoms with Crippen molar-refractivity contribution in [3.05, 3.63) is 72.6 Å². The average Bonchev–Trinajstić information content (AvgIpc) is 2.81. The van der Waals surface area contributed by atoms with Crippen LogP contribution in [0, 0.1) is 0 Å². The molecule has 1 aliphatic heterocycles. The van der Waals surface area contributed by atoms with Crippen molar-refractivity contribution in [1.29, 1.82) is 0 Å². The minimum Gasteiger partial charge on any atom is -0.351 e. The Labute approximate surface area is 177 Å². The van der Waals surface area contributed by atoms with Gasteiger partial charge in [0, 0.05) is 42.3 Å². The Hall–Kier alpha value is -3.25. The number of hydrogen-bond donors (Lipinski definition) is 2. The molecule has 2 N–H and O–H groups in total. The number of nitrogens with zero attached hydrogens (tertiary/aromatic N) is 3. The van der Waals surface area contributed by atoms with Crippen LogP contribution in [0.3, 0.4) is 0 Å². The number of nitrogens with one attached hydrogen (secondary N) is 2. The van der Waals surface area contributed by atoms with Gasteiger partial charge in [-0.25, -0.2) is 9.97 Å². The van der Waals surface area contributed by atoms with Gasteiger partial charge in [0.1, 0.15) is 0 Å². The Morgan fingerprint density at radius 1 is 0.900 bits per heavy atom. The molecule has 1 fully saturated rings. The molecule has 0 radical (unpaired) electrons. The number of amides is 1. The summed E-state index contributed by atoms with van der Waals surface area (Å²) in [6, 6.07) is 17.4. The van der Waals surface area contributed by atoms with E-state index in [2.05, 4.69) is 25.5 Å². The van der Waals surface area contributed by atoms with Gasteiger partial charge >= 0.3 is 0 Å². The quantitative estimate of drug-likeness (QED) is 0.624. The van der Waals surface area contributed by atoms with E-state index in [0.29, 0.717) is 18.1 Å². The lowest BCUT2D eigenvalue weighted by Gasteiger charge is -2.26. The first-order valence-corrected chi connectivity index (χ1v) is 10.5. The molecule has 1 aliphatic rings. The Morgan fingerprint density at radius 2 is 1.67 bits per heavy atom. The molecular weight excluding hydrogens is 374 g/mol. The molecule has 6 heteroatoms. The van der Waals surface area contributed by atoms with Crippen molar-refractivity contribution in [3.8, 4) is 11.1 Å². The van der Waals surface area contributed by atoms with Crippen LogP contribution in [0.25, 0.3) is 11.1 Å². The van der Waals surface area contributed by atoms with Gasteiger partial charge in [-0.3, -0.25) is 4.79 Å². The summed E-state index contributed by atoms with van der Waals surface area (Å²) in [5.74, 6) is 0.438. The van der Waals surface area contributed by atoms with Gasteiger partial charge in [0.15, 0.2) is 0 Å². The molecule has 0 spiro atoms. The van der Waals surface area contributed by atoms with E-state index in [1.807, 2.05) is 54.6 Å². The Bertz CT molecular complexity index is 953. The minimum atomic E-state index is -0.0593. The monoisotopic (exact) mass is 401 g/mol. The summed E-state index contributed by atoms with van der Waals surface area (Å²) in [6.45, 7) is 3.85. The number of likely N-dealkylation sites (tertiary alicyclic amines) is 1. The van der Waals surface area contributed by atoms with E-state index in [9.17, 15) is 4.79 Å². The molecule has 154 valence electrons. The van der Waals surface area contributed by atoms with E-state index in [4.69, 9.17) is 0 Å². The van der Waals surface area contributed by atoms with Gasteiger partial charge in [0.25, 0.3) is 5.91 Å². The number of carbonyl (C=O) groups is 1. The number of carbonyl (C=O) groups excluding carboxylic acids is 1. The average molecular weight is 402 g/mol. The second kappa shape index (κ2) is 9.98. The lowest BCUT2D eigenvalue weighted by molar-refractivity contribution is 0.0946. The second-order valence-corrected chi connectivity index (χ2v) is 7.53. The van der Waals surface area contributed by atoms with Crippen LogP contribution in [0.1, 0.15) is 29.6 Å². The minimum absolute atomic E-state index is 0.0593. The van der Waals surface area contributed by atoms with Crippen molar-refractivity contribution in [2.24, 2.45) is 0 Å². The van der Waals surface area contributed by atoms with E-state index in [0.717, 1.165) is 36.4 Å². The van der Waals surface area contributed by atoms with E-state index in [1.54, 1.807) is 12.4 Å². The number of piperidine rings is 1. The van der Waals surface area contributed by atoms with Gasteiger partial charge in [-0.2, -0.15) is 0 Å². The smallest absolute Gasteiger partial charge is 0.251 e. The Morgan fingerprint density at radius 3 is 2.43 bits per heavy atom. The standard InChI is InChI=1S/C24H27N5O/c30-23(25-12-15-29-13-5-2-6-14-29)20-10-7-11-22(16-20)28-24-26-17-21(18-27-24)19-8-3-1-4-9-19/h1,3-4,7-11,16-18H,2,5-6,12-15H2,(H,25,30)(H,26,27,28). The third-order valence-electron chi connectivity index (χ3n) is 5.30. The second-order valence-electron chi connectivity index (χ2n) is 7.53. The molecule has 0 bridgehead atoms. The number of rotatable bonds is 7. The van der Waals surface area contributed by atoms with Crippen LogP contribution in [0.5, 0.6) is 0 Å². The molecule has 1 amide bonds. The highest BCUT2D eigenvalue weighted by molar-refractivity contribution is 5.95. The van der Waals surface area contributed by atoms with Crippen LogP contribution in [0.2, 0.25) is 0 Å². The fourth-order valence-electron chi connectivity index (χ4n) is 3.65. The molecule has 1 saturated heterocycles. The Balaban J connectivity index is 1.33. The highest BCUT2D eigenvalue weighted by Gasteiger charge is 2.11. The van der Waals surface area contributed by atoms with E-state index >= 15 is 0 Å². The van der Waals surface area contributed by atoms with Crippen LogP contribution in [0.15, 0.2) is 67.0 Å². The van der Waals surface area contributed by atoms with E-state index < -0.39 is 0 Å². The third kappa shape index (κ3) is 5.42. The zero-order valence-corrected chi connectivity index (χ0v) is 17.1. The predicted molar refractivity (Wildman–Crippen MR) is 120 cm³/mol. The van der Waals surface area contributed by atoms with Gasteiger partial charge < -0.3 is 15.5 Å². The predicted octanol–water partition coefficient (Wildman–Crippen LogP) is 4.10. The zero-order valence-electron chi connectivity index (χ0n) is 17.1. The number of aromatic nitrogens is 2. The number of benzene rings is 2. The van der Waals surface area contributed by atoms with Gasteiger partial charge in [0.05, 0.1) is 0 Å². The summed E-state index contributed by atoms with van der Waals surface area (Å²) in [6.07, 6.45) is 7.43. The van der Waals surface area contributed by atoms with Gasteiger partial charge in [-0.05, 0) is 49.7 Å². The van der Waals surface area contributed by atoms with Crippen molar-refractivity contribution >= 4 is 17.5 Å². The maximum atomic E-state index is 12.5. The lowest BCUT2D eigenvalue weighted by Crippen LogP contribution is -2.37. The third-order valence-corrected chi connectivity index (χ3v) is 5.30. The first kappa shape index (κ1) is 20.0. The van der Waals surface area contributed by atoms with Crippen molar-refractivity contribution in [2.45, 2.75) is 19.3 Å². The highest BCUT2D eigenvalue weighted by atomic mass is 16.1. The molecule has 0 atom stereocenters. The van der Waals surface area contributed by atoms with Gasteiger partial charge in [-0.1, -0.05) is 42.8 Å². The largest absolute Gasteiger partial charge is 0.351 e. The fraction of sp³-hybridized carbons (Fsp3) is 0.292. The fourth-order valence-corrected chi connectivity index (χ4v) is 3.65. The first-order chi connectivity index (χ1) is 14.8. The molecule has 4 rings (SSSR count). The summed E-state index contributed by atoms with van der Waals surface area (Å²) in [5.41, 5.74) is 3.45. The van der Waals surface area contributed by atoms with Crippen LogP contribution in [-0.2, 0) is 0 Å². The molecule has 2 heterocycles. The molecule has 0 saturated carbocycles. The maximum Gasteiger partial charge on any atom is 0.251 e.